The molecule has 1 N–H and O–H groups in total. The first-order valence-electron chi connectivity index (χ1n) is 7.40. The Morgan fingerprint density at radius 3 is 3.17 bits per heavy atom. The van der Waals surface area contributed by atoms with Gasteiger partial charge < -0.3 is 9.88 Å². The number of aromatic amines is 1. The minimum atomic E-state index is -1.32. The van der Waals surface area contributed by atoms with Crippen LogP contribution < -0.4 is 0 Å². The first kappa shape index (κ1) is 9.93. The van der Waals surface area contributed by atoms with E-state index in [4.69, 9.17) is 2.74 Å². The summed E-state index contributed by atoms with van der Waals surface area (Å²) >= 11 is 1.69. The summed E-state index contributed by atoms with van der Waals surface area (Å²) in [4.78, 5) is 6.54. The van der Waals surface area contributed by atoms with Crippen molar-refractivity contribution in [1.29, 1.82) is 0 Å². The lowest BCUT2D eigenvalue weighted by Crippen LogP contribution is -2.26. The van der Waals surface area contributed by atoms with Gasteiger partial charge in [-0.25, -0.2) is 0 Å². The summed E-state index contributed by atoms with van der Waals surface area (Å²) < 4.78 is 17.2. The summed E-state index contributed by atoms with van der Waals surface area (Å²) in [6.45, 7) is 0.989. The first-order chi connectivity index (χ1) is 9.54. The van der Waals surface area contributed by atoms with Crippen molar-refractivity contribution >= 4 is 22.7 Å². The summed E-state index contributed by atoms with van der Waals surface area (Å²) in [5, 5.41) is 1.02. The highest BCUT2D eigenvalue weighted by Crippen LogP contribution is 2.27. The molecule has 3 rings (SSSR count). The number of fused-ring (bicyclic) bond motifs is 1. The van der Waals surface area contributed by atoms with Crippen LogP contribution in [-0.4, -0.2) is 35.8 Å². The number of rotatable bonds is 3. The number of H-pyrrole nitrogens is 1. The normalized spacial score (nSPS) is 23.3. The Morgan fingerprint density at radius 2 is 2.44 bits per heavy atom. The predicted octanol–water partition coefficient (Wildman–Crippen LogP) is 3.53. The van der Waals surface area contributed by atoms with Gasteiger partial charge in [-0.05, 0) is 62.8 Å². The Hall–Kier alpha value is -0.930. The molecule has 2 aromatic rings. The maximum atomic E-state index is 8.62. The molecule has 1 aliphatic heterocycles. The summed E-state index contributed by atoms with van der Waals surface area (Å²) in [6, 6.07) is 6.18. The number of likely N-dealkylation sites (tertiary alicyclic amines) is 1. The third kappa shape index (κ3) is 2.17. The van der Waals surface area contributed by atoms with E-state index in [1.54, 1.807) is 11.8 Å². The zero-order chi connectivity index (χ0) is 14.3. The van der Waals surface area contributed by atoms with Crippen molar-refractivity contribution in [2.24, 2.45) is 0 Å². The molecule has 0 spiro atoms. The summed E-state index contributed by atoms with van der Waals surface area (Å²) in [5.41, 5.74) is 1.81. The van der Waals surface area contributed by atoms with Crippen LogP contribution in [0.4, 0.5) is 0 Å². The lowest BCUT2D eigenvalue weighted by atomic mass is 10.0. The predicted molar refractivity (Wildman–Crippen MR) is 79.4 cm³/mol. The zero-order valence-electron chi connectivity index (χ0n) is 12.9. The second-order valence-electron chi connectivity index (χ2n) is 4.90. The molecule has 0 amide bonds. The van der Waals surface area contributed by atoms with Crippen molar-refractivity contribution in [3.8, 4) is 0 Å². The highest BCUT2D eigenvalue weighted by atomic mass is 32.2. The van der Waals surface area contributed by atoms with Gasteiger partial charge >= 0.3 is 0 Å². The van der Waals surface area contributed by atoms with E-state index in [-0.39, 0.29) is 6.04 Å². The molecule has 0 radical (unpaired) electrons. The SMILES string of the molecule is [2H]C([2H])(c1c[nH]c2ccc(SC)cc12)[C@H]1CCCN1C. The molecule has 1 aromatic carbocycles. The molecule has 96 valence electrons. The topological polar surface area (TPSA) is 19.0 Å². The Labute approximate surface area is 116 Å². The fraction of sp³-hybridized carbons (Fsp3) is 0.467. The standard InChI is InChI=1S/C15H20N2S/c1-17-7-3-4-12(17)8-11-10-16-15-6-5-13(18-2)9-14(11)15/h5-6,9-10,12,16H,3-4,7-8H2,1-2H3/t12-/m1/s1/i8D2. The van der Waals surface area contributed by atoms with Gasteiger partial charge in [-0.3, -0.25) is 0 Å². The molecule has 0 saturated carbocycles. The number of benzene rings is 1. The van der Waals surface area contributed by atoms with Crippen molar-refractivity contribution in [3.05, 3.63) is 30.0 Å². The lowest BCUT2D eigenvalue weighted by Gasteiger charge is -2.18. The van der Waals surface area contributed by atoms with Gasteiger partial charge in [0.15, 0.2) is 0 Å². The number of aromatic nitrogens is 1. The summed E-state index contributed by atoms with van der Waals surface area (Å²) in [7, 11) is 2.03. The van der Waals surface area contributed by atoms with Gasteiger partial charge in [-0.15, -0.1) is 11.8 Å². The smallest absolute Gasteiger partial charge is 0.0457 e. The molecule has 0 unspecified atom stereocenters. The fourth-order valence-electron chi connectivity index (χ4n) is 2.62. The molecule has 1 fully saturated rings. The van der Waals surface area contributed by atoms with Crippen LogP contribution in [0.15, 0.2) is 29.3 Å². The van der Waals surface area contributed by atoms with E-state index in [0.717, 1.165) is 35.9 Å². The van der Waals surface area contributed by atoms with Gasteiger partial charge in [-0.1, -0.05) is 0 Å². The van der Waals surface area contributed by atoms with Gasteiger partial charge in [0.25, 0.3) is 0 Å². The summed E-state index contributed by atoms with van der Waals surface area (Å²) in [6.07, 6.45) is 4.59. The Morgan fingerprint density at radius 1 is 1.56 bits per heavy atom. The van der Waals surface area contributed by atoms with Gasteiger partial charge in [0.2, 0.25) is 0 Å². The molecule has 2 nitrogen and oxygen atoms in total. The second kappa shape index (κ2) is 4.98. The molecule has 0 aliphatic carbocycles. The van der Waals surface area contributed by atoms with Crippen LogP contribution in [0, 0.1) is 0 Å². The van der Waals surface area contributed by atoms with Crippen LogP contribution in [0.3, 0.4) is 0 Å². The molecule has 1 saturated heterocycles. The largest absolute Gasteiger partial charge is 0.361 e. The van der Waals surface area contributed by atoms with E-state index in [0.29, 0.717) is 0 Å². The Balaban J connectivity index is 2.08. The number of thioether (sulfide) groups is 1. The van der Waals surface area contributed by atoms with Crippen LogP contribution in [0.2, 0.25) is 0 Å². The number of nitrogens with one attached hydrogen (secondary N) is 1. The quantitative estimate of drug-likeness (QED) is 0.853. The fourth-order valence-corrected chi connectivity index (χ4v) is 3.06. The zero-order valence-corrected chi connectivity index (χ0v) is 11.7. The molecule has 1 aliphatic rings. The van der Waals surface area contributed by atoms with E-state index >= 15 is 0 Å². The average molecular weight is 262 g/mol. The lowest BCUT2D eigenvalue weighted by molar-refractivity contribution is 0.310. The van der Waals surface area contributed by atoms with Crippen molar-refractivity contribution in [2.45, 2.75) is 30.2 Å². The van der Waals surface area contributed by atoms with E-state index in [1.165, 1.54) is 4.90 Å². The molecule has 1 atom stereocenters. The van der Waals surface area contributed by atoms with Crippen molar-refractivity contribution in [2.75, 3.05) is 19.8 Å². The minimum absolute atomic E-state index is 0.0283. The molecular weight excluding hydrogens is 240 g/mol. The van der Waals surface area contributed by atoms with Crippen LogP contribution in [0.25, 0.3) is 10.9 Å². The van der Waals surface area contributed by atoms with Gasteiger partial charge in [0.05, 0.1) is 0 Å². The maximum Gasteiger partial charge on any atom is 0.0457 e. The second-order valence-corrected chi connectivity index (χ2v) is 5.78. The van der Waals surface area contributed by atoms with E-state index < -0.39 is 6.37 Å². The van der Waals surface area contributed by atoms with E-state index in [1.807, 2.05) is 25.6 Å². The van der Waals surface area contributed by atoms with Crippen LogP contribution >= 0.6 is 11.8 Å². The van der Waals surface area contributed by atoms with Crippen LogP contribution in [0.5, 0.6) is 0 Å². The molecule has 1 aromatic heterocycles. The van der Waals surface area contributed by atoms with Crippen molar-refractivity contribution < 1.29 is 2.74 Å². The number of nitrogens with zero attached hydrogens (tertiary/aromatic N) is 1. The Kier molecular flexibility index (Phi) is 2.75. The number of likely N-dealkylation sites (N-methyl/N-ethyl adjacent to an activating group) is 1. The molecule has 3 heteroatoms. The van der Waals surface area contributed by atoms with Gasteiger partial charge in [0.1, 0.15) is 0 Å². The average Bonchev–Trinajstić information content (AvgIpc) is 3.04. The van der Waals surface area contributed by atoms with Gasteiger partial charge in [0, 0.05) is 30.8 Å². The van der Waals surface area contributed by atoms with Crippen LogP contribution in [0.1, 0.15) is 21.1 Å². The maximum absolute atomic E-state index is 8.62. The molecule has 2 heterocycles. The molecule has 0 bridgehead atoms. The summed E-state index contributed by atoms with van der Waals surface area (Å²) in [5.74, 6) is 0. The number of hydrogen-bond donors (Lipinski definition) is 1. The monoisotopic (exact) mass is 262 g/mol. The van der Waals surface area contributed by atoms with Gasteiger partial charge in [-0.2, -0.15) is 0 Å². The van der Waals surface area contributed by atoms with E-state index in [2.05, 4.69) is 22.0 Å². The van der Waals surface area contributed by atoms with Crippen molar-refractivity contribution in [3.63, 3.8) is 0 Å². The molecule has 18 heavy (non-hydrogen) atoms. The molecular formula is C15H20N2S. The van der Waals surface area contributed by atoms with Crippen LogP contribution in [-0.2, 0) is 6.37 Å². The van der Waals surface area contributed by atoms with E-state index in [9.17, 15) is 0 Å². The minimum Gasteiger partial charge on any atom is -0.361 e. The Bertz CT molecular complexity index is 623. The van der Waals surface area contributed by atoms with Crippen molar-refractivity contribution in [1.82, 2.24) is 9.88 Å². The number of hydrogen-bond acceptors (Lipinski definition) is 2. The highest BCUT2D eigenvalue weighted by Gasteiger charge is 2.22. The third-order valence-corrected chi connectivity index (χ3v) is 4.46. The first-order valence-corrected chi connectivity index (χ1v) is 7.62. The highest BCUT2D eigenvalue weighted by molar-refractivity contribution is 7.98. The third-order valence-electron chi connectivity index (χ3n) is 3.73.